The van der Waals surface area contributed by atoms with Gasteiger partial charge in [0.25, 0.3) is 0 Å². The van der Waals surface area contributed by atoms with Gasteiger partial charge in [0, 0.05) is 23.2 Å². The van der Waals surface area contributed by atoms with E-state index in [0.717, 1.165) is 53.8 Å². The Hall–Kier alpha value is -2.08. The third-order valence-electron chi connectivity index (χ3n) is 4.88. The molecule has 1 aromatic heterocycles. The van der Waals surface area contributed by atoms with Crippen LogP contribution in [0.25, 0.3) is 22.4 Å². The number of hydrogen-bond donors (Lipinski definition) is 3. The van der Waals surface area contributed by atoms with Crippen LogP contribution in [0, 0.1) is 5.92 Å². The van der Waals surface area contributed by atoms with E-state index in [1.165, 1.54) is 0 Å². The van der Waals surface area contributed by atoms with Gasteiger partial charge < -0.3 is 16.0 Å². The highest BCUT2D eigenvalue weighted by Gasteiger charge is 2.25. The van der Waals surface area contributed by atoms with E-state index in [-0.39, 0.29) is 42.7 Å². The van der Waals surface area contributed by atoms with E-state index in [1.54, 1.807) is 0 Å². The lowest BCUT2D eigenvalue weighted by Crippen LogP contribution is -2.34. The van der Waals surface area contributed by atoms with Gasteiger partial charge in [-0.1, -0.05) is 30.7 Å². The molecule has 3 aromatic rings. The molecule has 144 valence electrons. The van der Waals surface area contributed by atoms with Gasteiger partial charge in [-0.25, -0.2) is 4.98 Å². The van der Waals surface area contributed by atoms with Crippen molar-refractivity contribution in [3.8, 4) is 11.4 Å². The number of carbonyl (C=O) groups excluding carboxylic acids is 1. The van der Waals surface area contributed by atoms with Crippen molar-refractivity contribution in [2.75, 3.05) is 5.32 Å². The summed E-state index contributed by atoms with van der Waals surface area (Å²) < 4.78 is 0. The maximum absolute atomic E-state index is 12.5. The number of amides is 1. The van der Waals surface area contributed by atoms with Crippen molar-refractivity contribution in [3.05, 3.63) is 48.5 Å². The molecular formula is C20H24Cl2N4O. The van der Waals surface area contributed by atoms with Crippen molar-refractivity contribution in [2.45, 2.75) is 31.7 Å². The molecule has 0 saturated heterocycles. The minimum atomic E-state index is 0. The monoisotopic (exact) mass is 406 g/mol. The molecule has 5 nitrogen and oxygen atoms in total. The zero-order chi connectivity index (χ0) is 17.2. The molecule has 1 heterocycles. The third-order valence-corrected chi connectivity index (χ3v) is 4.88. The Kier molecular flexibility index (Phi) is 7.25. The summed E-state index contributed by atoms with van der Waals surface area (Å²) in [6.07, 6.45) is 3.74. The SMILES string of the molecule is Cl.Cl.NC1CCCC(C(=O)Nc2cccc(-c3nc4ccccc4[nH]3)c2)C1. The smallest absolute Gasteiger partial charge is 0.227 e. The second-order valence-electron chi connectivity index (χ2n) is 6.80. The van der Waals surface area contributed by atoms with Crippen LogP contribution in [0.5, 0.6) is 0 Å². The fraction of sp³-hybridized carbons (Fsp3) is 0.300. The first-order valence-corrected chi connectivity index (χ1v) is 8.81. The Labute approximate surface area is 171 Å². The molecule has 1 fully saturated rings. The number of nitrogens with two attached hydrogens (primary N) is 1. The Morgan fingerprint density at radius 3 is 2.70 bits per heavy atom. The third kappa shape index (κ3) is 4.80. The molecule has 0 spiro atoms. The van der Waals surface area contributed by atoms with Crippen LogP contribution < -0.4 is 11.1 Å². The number of benzene rings is 2. The largest absolute Gasteiger partial charge is 0.338 e. The highest BCUT2D eigenvalue weighted by Crippen LogP contribution is 2.26. The molecule has 4 N–H and O–H groups in total. The molecular weight excluding hydrogens is 383 g/mol. The van der Waals surface area contributed by atoms with Gasteiger partial charge in [0.05, 0.1) is 11.0 Å². The molecule has 2 unspecified atom stereocenters. The Morgan fingerprint density at radius 2 is 1.93 bits per heavy atom. The minimum absolute atomic E-state index is 0. The summed E-state index contributed by atoms with van der Waals surface area (Å²) in [6, 6.07) is 15.9. The highest BCUT2D eigenvalue weighted by molar-refractivity contribution is 5.93. The van der Waals surface area contributed by atoms with Gasteiger partial charge in [-0.05, 0) is 43.5 Å². The number of fused-ring (bicyclic) bond motifs is 1. The van der Waals surface area contributed by atoms with Gasteiger partial charge in [0.2, 0.25) is 5.91 Å². The average Bonchev–Trinajstić information content (AvgIpc) is 3.06. The fourth-order valence-corrected chi connectivity index (χ4v) is 3.54. The first-order valence-electron chi connectivity index (χ1n) is 8.81. The maximum atomic E-state index is 12.5. The number of halogens is 2. The van der Waals surface area contributed by atoms with Crippen LogP contribution >= 0.6 is 24.8 Å². The molecule has 27 heavy (non-hydrogen) atoms. The van der Waals surface area contributed by atoms with Crippen LogP contribution in [0.15, 0.2) is 48.5 Å². The summed E-state index contributed by atoms with van der Waals surface area (Å²) in [5.41, 5.74) is 9.68. The number of imidazole rings is 1. The van der Waals surface area contributed by atoms with Crippen molar-refractivity contribution in [2.24, 2.45) is 11.7 Å². The minimum Gasteiger partial charge on any atom is -0.338 e. The summed E-state index contributed by atoms with van der Waals surface area (Å²) in [5, 5.41) is 3.04. The number of hydrogen-bond acceptors (Lipinski definition) is 3. The molecule has 2 aromatic carbocycles. The first-order chi connectivity index (χ1) is 12.2. The van der Waals surface area contributed by atoms with Crippen LogP contribution in [0.3, 0.4) is 0 Å². The van der Waals surface area contributed by atoms with E-state index in [0.29, 0.717) is 0 Å². The van der Waals surface area contributed by atoms with Crippen LogP contribution in [-0.4, -0.2) is 21.9 Å². The number of nitrogens with zero attached hydrogens (tertiary/aromatic N) is 1. The molecule has 1 aliphatic carbocycles. The number of aromatic amines is 1. The van der Waals surface area contributed by atoms with Crippen molar-refractivity contribution < 1.29 is 4.79 Å². The summed E-state index contributed by atoms with van der Waals surface area (Å²) in [4.78, 5) is 20.5. The van der Waals surface area contributed by atoms with E-state index >= 15 is 0 Å². The second kappa shape index (κ2) is 9.22. The highest BCUT2D eigenvalue weighted by atomic mass is 35.5. The number of para-hydroxylation sites is 2. The van der Waals surface area contributed by atoms with Crippen LogP contribution in [0.1, 0.15) is 25.7 Å². The molecule has 1 saturated carbocycles. The zero-order valence-corrected chi connectivity index (χ0v) is 16.5. The molecule has 7 heteroatoms. The molecule has 4 rings (SSSR count). The van der Waals surface area contributed by atoms with Gasteiger partial charge in [0.15, 0.2) is 0 Å². The average molecular weight is 407 g/mol. The molecule has 0 aliphatic heterocycles. The number of carbonyl (C=O) groups is 1. The summed E-state index contributed by atoms with van der Waals surface area (Å²) in [5.74, 6) is 0.882. The standard InChI is InChI=1S/C20H22N4O.2ClH/c21-15-7-3-6-14(11-15)20(25)22-16-8-4-5-13(12-16)19-23-17-9-1-2-10-18(17)24-19;;/h1-2,4-5,8-10,12,14-15H,3,6-7,11,21H2,(H,22,25)(H,23,24);2*1H. The van der Waals surface area contributed by atoms with Crippen molar-refractivity contribution in [1.82, 2.24) is 9.97 Å². The number of H-pyrrole nitrogens is 1. The number of rotatable bonds is 3. The zero-order valence-electron chi connectivity index (χ0n) is 14.9. The van der Waals surface area contributed by atoms with Gasteiger partial charge >= 0.3 is 0 Å². The Balaban J connectivity index is 0.00000131. The van der Waals surface area contributed by atoms with E-state index in [9.17, 15) is 4.79 Å². The fourth-order valence-electron chi connectivity index (χ4n) is 3.54. The number of nitrogens with one attached hydrogen (secondary N) is 2. The van der Waals surface area contributed by atoms with Crippen LogP contribution in [-0.2, 0) is 4.79 Å². The van der Waals surface area contributed by atoms with E-state index in [2.05, 4.69) is 15.3 Å². The van der Waals surface area contributed by atoms with Gasteiger partial charge in [-0.15, -0.1) is 24.8 Å². The number of aromatic nitrogens is 2. The van der Waals surface area contributed by atoms with Gasteiger partial charge in [0.1, 0.15) is 5.82 Å². The van der Waals surface area contributed by atoms with E-state index in [4.69, 9.17) is 5.73 Å². The Bertz CT molecular complexity index is 879. The summed E-state index contributed by atoms with van der Waals surface area (Å²) in [6.45, 7) is 0. The lowest BCUT2D eigenvalue weighted by atomic mass is 9.85. The summed E-state index contributed by atoms with van der Waals surface area (Å²) >= 11 is 0. The lowest BCUT2D eigenvalue weighted by Gasteiger charge is -2.25. The first kappa shape index (κ1) is 21.2. The molecule has 0 bridgehead atoms. The van der Waals surface area contributed by atoms with E-state index in [1.807, 2.05) is 48.5 Å². The van der Waals surface area contributed by atoms with Crippen molar-refractivity contribution >= 4 is 47.4 Å². The Morgan fingerprint density at radius 1 is 1.11 bits per heavy atom. The lowest BCUT2D eigenvalue weighted by molar-refractivity contribution is -0.120. The maximum Gasteiger partial charge on any atom is 0.227 e. The van der Waals surface area contributed by atoms with E-state index < -0.39 is 0 Å². The van der Waals surface area contributed by atoms with Gasteiger partial charge in [-0.2, -0.15) is 0 Å². The van der Waals surface area contributed by atoms with Crippen LogP contribution in [0.2, 0.25) is 0 Å². The van der Waals surface area contributed by atoms with Crippen LogP contribution in [0.4, 0.5) is 5.69 Å². The second-order valence-corrected chi connectivity index (χ2v) is 6.80. The molecule has 1 aliphatic rings. The molecule has 1 amide bonds. The predicted octanol–water partition coefficient (Wildman–Crippen LogP) is 4.53. The van der Waals surface area contributed by atoms with Gasteiger partial charge in [-0.3, -0.25) is 4.79 Å². The number of anilines is 1. The summed E-state index contributed by atoms with van der Waals surface area (Å²) in [7, 11) is 0. The molecule has 2 atom stereocenters. The topological polar surface area (TPSA) is 83.8 Å². The quantitative estimate of drug-likeness (QED) is 0.597. The predicted molar refractivity (Wildman–Crippen MR) is 115 cm³/mol. The van der Waals surface area contributed by atoms with Crippen molar-refractivity contribution in [3.63, 3.8) is 0 Å². The molecule has 0 radical (unpaired) electrons. The normalized spacial score (nSPS) is 19.0. The van der Waals surface area contributed by atoms with Crippen molar-refractivity contribution in [1.29, 1.82) is 0 Å².